The number of hydrogen-bond acceptors (Lipinski definition) is 3. The van der Waals surface area contributed by atoms with Gasteiger partial charge >= 0.3 is 5.97 Å². The molecule has 3 rings (SSSR count). The molecule has 4 atom stereocenters. The number of carboxylic acid groups (broad SMARTS) is 1. The van der Waals surface area contributed by atoms with E-state index in [1.807, 2.05) is 6.07 Å². The Labute approximate surface area is 175 Å². The van der Waals surface area contributed by atoms with E-state index in [4.69, 9.17) is 16.7 Å². The van der Waals surface area contributed by atoms with Crippen LogP contribution < -0.4 is 0 Å². The van der Waals surface area contributed by atoms with Crippen molar-refractivity contribution in [3.05, 3.63) is 62.9 Å². The second kappa shape index (κ2) is 9.25. The summed E-state index contributed by atoms with van der Waals surface area (Å²) in [6.45, 7) is 4.18. The van der Waals surface area contributed by atoms with Crippen LogP contribution in [0.3, 0.4) is 0 Å². The summed E-state index contributed by atoms with van der Waals surface area (Å²) in [4.78, 5) is 12.5. The van der Waals surface area contributed by atoms with Crippen LogP contribution in [-0.2, 0) is 6.42 Å². The summed E-state index contributed by atoms with van der Waals surface area (Å²) in [6, 6.07) is 10.0. The average Bonchev–Trinajstić information content (AvgIpc) is 3.18. The molecule has 150 valence electrons. The van der Waals surface area contributed by atoms with Crippen LogP contribution in [0, 0.1) is 25.7 Å². The molecule has 2 N–H and O–H groups in total. The Morgan fingerprint density at radius 3 is 2.61 bits per heavy atom. The monoisotopic (exact) mass is 418 g/mol. The van der Waals surface area contributed by atoms with Crippen molar-refractivity contribution in [3.63, 3.8) is 0 Å². The minimum atomic E-state index is -0.868. The second-order valence-electron chi connectivity index (χ2n) is 7.80. The van der Waals surface area contributed by atoms with Gasteiger partial charge in [-0.2, -0.15) is 0 Å². The predicted octanol–water partition coefficient (Wildman–Crippen LogP) is 5.70. The highest BCUT2D eigenvalue weighted by molar-refractivity contribution is 7.13. The summed E-state index contributed by atoms with van der Waals surface area (Å²) < 4.78 is 0. The molecule has 0 spiro atoms. The number of aromatic carboxylic acids is 1. The van der Waals surface area contributed by atoms with Gasteiger partial charge in [0.05, 0.1) is 6.10 Å². The number of halogens is 1. The predicted molar refractivity (Wildman–Crippen MR) is 116 cm³/mol. The number of aliphatic hydroxyl groups excluding tert-OH is 1. The van der Waals surface area contributed by atoms with Crippen LogP contribution in [0.25, 0.3) is 6.08 Å². The molecular formula is C23H27ClO3S. The van der Waals surface area contributed by atoms with Crippen molar-refractivity contribution < 1.29 is 15.0 Å². The number of aliphatic hydroxyl groups is 1. The maximum atomic E-state index is 11.0. The van der Waals surface area contributed by atoms with Crippen LogP contribution >= 0.6 is 22.9 Å². The van der Waals surface area contributed by atoms with E-state index in [0.717, 1.165) is 29.7 Å². The first kappa shape index (κ1) is 21.1. The molecule has 1 saturated carbocycles. The highest BCUT2D eigenvalue weighted by atomic mass is 35.5. The zero-order chi connectivity index (χ0) is 20.3. The van der Waals surface area contributed by atoms with E-state index in [-0.39, 0.29) is 17.2 Å². The van der Waals surface area contributed by atoms with Gasteiger partial charge in [0.1, 0.15) is 4.88 Å². The molecule has 1 fully saturated rings. The normalized spacial score (nSPS) is 24.9. The van der Waals surface area contributed by atoms with E-state index in [1.54, 1.807) is 6.07 Å². The van der Waals surface area contributed by atoms with E-state index in [2.05, 4.69) is 44.2 Å². The topological polar surface area (TPSA) is 57.5 Å². The first-order valence-corrected chi connectivity index (χ1v) is 11.0. The van der Waals surface area contributed by atoms with E-state index in [0.29, 0.717) is 11.3 Å². The van der Waals surface area contributed by atoms with E-state index < -0.39 is 12.1 Å². The Morgan fingerprint density at radius 1 is 1.25 bits per heavy atom. The zero-order valence-corrected chi connectivity index (χ0v) is 17.8. The van der Waals surface area contributed by atoms with Gasteiger partial charge in [-0.25, -0.2) is 4.79 Å². The smallest absolute Gasteiger partial charge is 0.345 e. The minimum absolute atomic E-state index is 0.0261. The molecule has 28 heavy (non-hydrogen) atoms. The molecule has 0 bridgehead atoms. The molecule has 1 heterocycles. The second-order valence-corrected chi connectivity index (χ2v) is 9.53. The van der Waals surface area contributed by atoms with Crippen LogP contribution in [0.2, 0.25) is 0 Å². The summed E-state index contributed by atoms with van der Waals surface area (Å²) in [5.74, 6) is -0.577. The molecule has 1 aliphatic rings. The lowest BCUT2D eigenvalue weighted by Crippen LogP contribution is -2.18. The number of carboxylic acids is 1. The molecule has 1 aromatic carbocycles. The Balaban J connectivity index is 1.62. The van der Waals surface area contributed by atoms with Crippen LogP contribution in [0.5, 0.6) is 0 Å². The van der Waals surface area contributed by atoms with Gasteiger partial charge in [-0.3, -0.25) is 0 Å². The Bertz CT molecular complexity index is 837. The molecule has 0 amide bonds. The van der Waals surface area contributed by atoms with Crippen molar-refractivity contribution in [2.45, 2.75) is 51.0 Å². The molecule has 0 saturated heterocycles. The number of hydrogen-bond donors (Lipinski definition) is 2. The van der Waals surface area contributed by atoms with Gasteiger partial charge in [0, 0.05) is 16.2 Å². The van der Waals surface area contributed by atoms with Crippen molar-refractivity contribution in [2.24, 2.45) is 11.8 Å². The molecule has 1 aromatic heterocycles. The largest absolute Gasteiger partial charge is 0.477 e. The molecule has 0 unspecified atom stereocenters. The number of alkyl halides is 1. The number of carbonyl (C=O) groups is 1. The highest BCUT2D eigenvalue weighted by Gasteiger charge is 2.39. The highest BCUT2D eigenvalue weighted by Crippen LogP contribution is 2.40. The van der Waals surface area contributed by atoms with Crippen LogP contribution in [-0.4, -0.2) is 27.7 Å². The SMILES string of the molecule is Cc1cc(C)cc(C=C[C@@H]2[C@@H](CCCc3ccc(C(=O)O)s3)[C@H](Cl)C[C@H]2O)c1. The van der Waals surface area contributed by atoms with Crippen molar-refractivity contribution in [3.8, 4) is 0 Å². The fourth-order valence-corrected chi connectivity index (χ4v) is 5.57. The molecule has 1 aliphatic carbocycles. The third-order valence-electron chi connectivity index (χ3n) is 5.46. The van der Waals surface area contributed by atoms with Gasteiger partial charge < -0.3 is 10.2 Å². The summed E-state index contributed by atoms with van der Waals surface area (Å²) in [6.07, 6.45) is 7.16. The number of rotatable bonds is 7. The van der Waals surface area contributed by atoms with E-state index in [1.165, 1.54) is 22.5 Å². The third kappa shape index (κ3) is 5.25. The lowest BCUT2D eigenvalue weighted by molar-refractivity contribution is 0.0702. The first-order chi connectivity index (χ1) is 13.3. The van der Waals surface area contributed by atoms with Crippen molar-refractivity contribution in [1.82, 2.24) is 0 Å². The number of thiophene rings is 1. The summed E-state index contributed by atoms with van der Waals surface area (Å²) in [5, 5.41) is 19.5. The van der Waals surface area contributed by atoms with Gasteiger partial charge in [0.25, 0.3) is 0 Å². The lowest BCUT2D eigenvalue weighted by Gasteiger charge is -2.20. The Kier molecular flexibility index (Phi) is 6.97. The van der Waals surface area contributed by atoms with E-state index >= 15 is 0 Å². The maximum absolute atomic E-state index is 11.0. The molecular weight excluding hydrogens is 392 g/mol. The van der Waals surface area contributed by atoms with E-state index in [9.17, 15) is 9.90 Å². The summed E-state index contributed by atoms with van der Waals surface area (Å²) >= 11 is 7.90. The molecule has 3 nitrogen and oxygen atoms in total. The minimum Gasteiger partial charge on any atom is -0.477 e. The van der Waals surface area contributed by atoms with Gasteiger partial charge in [-0.15, -0.1) is 22.9 Å². The summed E-state index contributed by atoms with van der Waals surface area (Å²) in [5.41, 5.74) is 3.62. The third-order valence-corrected chi connectivity index (χ3v) is 7.09. The van der Waals surface area contributed by atoms with Gasteiger partial charge in [-0.05, 0) is 63.1 Å². The molecule has 5 heteroatoms. The van der Waals surface area contributed by atoms with Crippen LogP contribution in [0.1, 0.15) is 50.5 Å². The fraction of sp³-hybridized carbons (Fsp3) is 0.435. The Hall–Kier alpha value is -1.62. The van der Waals surface area contributed by atoms with Crippen molar-refractivity contribution in [2.75, 3.05) is 0 Å². The van der Waals surface area contributed by atoms with Crippen molar-refractivity contribution in [1.29, 1.82) is 0 Å². The lowest BCUT2D eigenvalue weighted by atomic mass is 9.89. The molecule has 2 aromatic rings. The Morgan fingerprint density at radius 2 is 1.96 bits per heavy atom. The number of aryl methyl sites for hydroxylation is 3. The van der Waals surface area contributed by atoms with Gasteiger partial charge in [0.2, 0.25) is 0 Å². The standard InChI is InChI=1S/C23H27ClO3S/c1-14-10-15(2)12-16(11-14)6-8-19-18(20(24)13-21(19)25)5-3-4-17-7-9-22(28-17)23(26)27/h6-12,18-21,25H,3-5,13H2,1-2H3,(H,26,27)/t18-,19-,20-,21-/m1/s1. The zero-order valence-electron chi connectivity index (χ0n) is 16.3. The quantitative estimate of drug-likeness (QED) is 0.566. The van der Waals surface area contributed by atoms with Gasteiger partial charge in [0.15, 0.2) is 0 Å². The maximum Gasteiger partial charge on any atom is 0.345 e. The van der Waals surface area contributed by atoms with Crippen molar-refractivity contribution >= 4 is 35.0 Å². The number of benzene rings is 1. The van der Waals surface area contributed by atoms with Crippen LogP contribution in [0.15, 0.2) is 36.4 Å². The molecule has 0 radical (unpaired) electrons. The first-order valence-electron chi connectivity index (χ1n) is 9.74. The average molecular weight is 419 g/mol. The summed E-state index contributed by atoms with van der Waals surface area (Å²) in [7, 11) is 0. The molecule has 0 aliphatic heterocycles. The van der Waals surface area contributed by atoms with Gasteiger partial charge in [-0.1, -0.05) is 41.5 Å². The fourth-order valence-electron chi connectivity index (χ4n) is 4.20. The van der Waals surface area contributed by atoms with Crippen LogP contribution in [0.4, 0.5) is 0 Å².